The monoisotopic (exact) mass is 985 g/mol. The maximum atomic E-state index is 12.7. The van der Waals surface area contributed by atoms with Crippen molar-refractivity contribution in [3.63, 3.8) is 0 Å². The van der Waals surface area contributed by atoms with Gasteiger partial charge in [-0.2, -0.15) is 0 Å². The Bertz CT molecular complexity index is 1180. The van der Waals surface area contributed by atoms with Gasteiger partial charge in [-0.3, -0.25) is 18.6 Å². The Hall–Kier alpha value is -1.55. The predicted molar refractivity (Wildman–Crippen MR) is 284 cm³/mol. The number of esters is 2. The number of unbranched alkanes of at least 4 members (excludes halogenated alkanes) is 37. The Labute approximate surface area is 419 Å². The van der Waals surface area contributed by atoms with Crippen LogP contribution in [0.1, 0.15) is 290 Å². The van der Waals surface area contributed by atoms with Crippen molar-refractivity contribution in [1.29, 1.82) is 0 Å². The van der Waals surface area contributed by atoms with Gasteiger partial charge < -0.3 is 24.6 Å². The third-order valence-electron chi connectivity index (χ3n) is 12.9. The highest BCUT2D eigenvalue weighted by molar-refractivity contribution is 7.47. The van der Waals surface area contributed by atoms with Crippen molar-refractivity contribution in [2.75, 3.05) is 26.4 Å². The molecule has 0 aromatic rings. The van der Waals surface area contributed by atoms with Crippen LogP contribution in [0.3, 0.4) is 0 Å². The van der Waals surface area contributed by atoms with Gasteiger partial charge in [-0.15, -0.1) is 0 Å². The van der Waals surface area contributed by atoms with Crippen molar-refractivity contribution in [2.24, 2.45) is 0 Å². The fourth-order valence-electron chi connectivity index (χ4n) is 8.44. The summed E-state index contributed by atoms with van der Waals surface area (Å²) >= 11 is 0. The number of ether oxygens (including phenoxy) is 2. The van der Waals surface area contributed by atoms with E-state index >= 15 is 0 Å². The van der Waals surface area contributed by atoms with Crippen LogP contribution in [-0.2, 0) is 32.7 Å². The molecule has 0 aromatic heterocycles. The summed E-state index contributed by atoms with van der Waals surface area (Å²) in [5, 5.41) is 18.4. The molecule has 0 bridgehead atoms. The SMILES string of the molecule is CCCCCCC/C=C\C/C=C\CCCCCCCCCCCC(=O)OC(COC(=O)CCCCCCCCCCCCCCCCCCCCCCCCCC)COP(=O)(O)OCC(O)CO. The number of phosphoric acid groups is 1. The molecule has 0 aliphatic heterocycles. The summed E-state index contributed by atoms with van der Waals surface area (Å²) in [5.74, 6) is -0.912. The Morgan fingerprint density at radius 1 is 0.441 bits per heavy atom. The molecule has 0 amide bonds. The average Bonchev–Trinajstić information content (AvgIpc) is 3.33. The largest absolute Gasteiger partial charge is 0.472 e. The first-order chi connectivity index (χ1) is 33.2. The van der Waals surface area contributed by atoms with Crippen molar-refractivity contribution >= 4 is 19.8 Å². The number of phosphoric ester groups is 1. The molecule has 0 saturated heterocycles. The molecule has 11 heteroatoms. The molecule has 0 aromatic carbocycles. The van der Waals surface area contributed by atoms with Gasteiger partial charge in [-0.1, -0.05) is 256 Å². The number of allylic oxidation sites excluding steroid dienone is 4. The van der Waals surface area contributed by atoms with Crippen LogP contribution in [0, 0.1) is 0 Å². The number of carbonyl (C=O) groups excluding carboxylic acids is 2. The minimum Gasteiger partial charge on any atom is -0.462 e. The van der Waals surface area contributed by atoms with E-state index in [0.717, 1.165) is 51.4 Å². The van der Waals surface area contributed by atoms with Gasteiger partial charge in [0.05, 0.1) is 19.8 Å². The molecule has 10 nitrogen and oxygen atoms in total. The van der Waals surface area contributed by atoms with Crippen LogP contribution in [-0.4, -0.2) is 65.7 Å². The van der Waals surface area contributed by atoms with E-state index in [1.54, 1.807) is 0 Å². The molecule has 3 unspecified atom stereocenters. The zero-order valence-electron chi connectivity index (χ0n) is 44.3. The van der Waals surface area contributed by atoms with E-state index in [4.69, 9.17) is 23.6 Å². The van der Waals surface area contributed by atoms with Gasteiger partial charge in [-0.05, 0) is 44.9 Å². The third kappa shape index (κ3) is 52.3. The molecular formula is C57H109O10P. The normalized spacial score (nSPS) is 13.7. The lowest BCUT2D eigenvalue weighted by Gasteiger charge is -2.20. The van der Waals surface area contributed by atoms with Crippen molar-refractivity contribution in [3.8, 4) is 0 Å². The summed E-state index contributed by atoms with van der Waals surface area (Å²) in [5.41, 5.74) is 0. The van der Waals surface area contributed by atoms with Gasteiger partial charge in [0, 0.05) is 12.8 Å². The highest BCUT2D eigenvalue weighted by atomic mass is 31.2. The minimum atomic E-state index is -4.63. The fraction of sp³-hybridized carbons (Fsp3) is 0.895. The van der Waals surface area contributed by atoms with Gasteiger partial charge in [0.25, 0.3) is 0 Å². The molecule has 0 heterocycles. The first-order valence-electron chi connectivity index (χ1n) is 28.8. The van der Waals surface area contributed by atoms with Crippen LogP contribution >= 0.6 is 7.82 Å². The van der Waals surface area contributed by atoms with Gasteiger partial charge in [0.2, 0.25) is 0 Å². The topological polar surface area (TPSA) is 149 Å². The molecule has 0 radical (unpaired) electrons. The van der Waals surface area contributed by atoms with Crippen LogP contribution in [0.4, 0.5) is 0 Å². The summed E-state index contributed by atoms with van der Waals surface area (Å²) in [6, 6.07) is 0. The van der Waals surface area contributed by atoms with Crippen molar-refractivity contribution in [3.05, 3.63) is 24.3 Å². The van der Waals surface area contributed by atoms with Crippen LogP contribution in [0.5, 0.6) is 0 Å². The van der Waals surface area contributed by atoms with Gasteiger partial charge in [-0.25, -0.2) is 4.57 Å². The summed E-state index contributed by atoms with van der Waals surface area (Å²) in [4.78, 5) is 35.3. The third-order valence-corrected chi connectivity index (χ3v) is 13.8. The summed E-state index contributed by atoms with van der Waals surface area (Å²) < 4.78 is 33.0. The number of hydrogen-bond acceptors (Lipinski definition) is 9. The Morgan fingerprint density at radius 2 is 0.765 bits per heavy atom. The molecule has 402 valence electrons. The zero-order chi connectivity index (χ0) is 49.7. The molecule has 68 heavy (non-hydrogen) atoms. The highest BCUT2D eigenvalue weighted by Gasteiger charge is 2.27. The molecule has 0 spiro atoms. The minimum absolute atomic E-state index is 0.183. The molecule has 0 saturated carbocycles. The lowest BCUT2D eigenvalue weighted by atomic mass is 10.0. The van der Waals surface area contributed by atoms with E-state index in [0.29, 0.717) is 12.8 Å². The molecule has 0 fully saturated rings. The predicted octanol–water partition coefficient (Wildman–Crippen LogP) is 16.9. The van der Waals surface area contributed by atoms with E-state index in [-0.39, 0.29) is 19.4 Å². The Balaban J connectivity index is 4.07. The van der Waals surface area contributed by atoms with Crippen LogP contribution in [0.15, 0.2) is 24.3 Å². The van der Waals surface area contributed by atoms with Crippen molar-refractivity contribution in [1.82, 2.24) is 0 Å². The molecule has 0 rings (SSSR count). The smallest absolute Gasteiger partial charge is 0.462 e. The number of rotatable bonds is 55. The summed E-state index contributed by atoms with van der Waals surface area (Å²) in [6.45, 7) is 2.44. The maximum absolute atomic E-state index is 12.7. The molecule has 3 atom stereocenters. The molecular weight excluding hydrogens is 876 g/mol. The molecule has 0 aliphatic rings. The molecule has 3 N–H and O–H groups in total. The van der Waals surface area contributed by atoms with Crippen LogP contribution in [0.2, 0.25) is 0 Å². The van der Waals surface area contributed by atoms with Gasteiger partial charge in [0.1, 0.15) is 12.7 Å². The first kappa shape index (κ1) is 66.5. The average molecular weight is 985 g/mol. The fourth-order valence-corrected chi connectivity index (χ4v) is 9.23. The molecule has 0 aliphatic carbocycles. The number of aliphatic hydroxyl groups is 2. The lowest BCUT2D eigenvalue weighted by molar-refractivity contribution is -0.161. The quantitative estimate of drug-likeness (QED) is 0.0233. The second-order valence-corrected chi connectivity index (χ2v) is 21.1. The van der Waals surface area contributed by atoms with E-state index in [2.05, 4.69) is 38.2 Å². The first-order valence-corrected chi connectivity index (χ1v) is 30.3. The van der Waals surface area contributed by atoms with E-state index in [1.165, 1.54) is 199 Å². The Kier molecular flexibility index (Phi) is 52.0. The van der Waals surface area contributed by atoms with Crippen LogP contribution < -0.4 is 0 Å². The van der Waals surface area contributed by atoms with Crippen molar-refractivity contribution in [2.45, 2.75) is 302 Å². The van der Waals surface area contributed by atoms with Crippen LogP contribution in [0.25, 0.3) is 0 Å². The number of carbonyl (C=O) groups is 2. The van der Waals surface area contributed by atoms with E-state index in [9.17, 15) is 24.2 Å². The second kappa shape index (κ2) is 53.3. The van der Waals surface area contributed by atoms with Crippen molar-refractivity contribution < 1.29 is 47.8 Å². The Morgan fingerprint density at radius 3 is 1.13 bits per heavy atom. The van der Waals surface area contributed by atoms with E-state index < -0.39 is 51.8 Å². The van der Waals surface area contributed by atoms with E-state index in [1.807, 2.05) is 0 Å². The van der Waals surface area contributed by atoms with Gasteiger partial charge in [0.15, 0.2) is 6.10 Å². The maximum Gasteiger partial charge on any atom is 0.472 e. The summed E-state index contributed by atoms with van der Waals surface area (Å²) in [6.07, 6.45) is 58.7. The zero-order valence-corrected chi connectivity index (χ0v) is 45.2. The lowest BCUT2D eigenvalue weighted by Crippen LogP contribution is -2.29. The van der Waals surface area contributed by atoms with Gasteiger partial charge >= 0.3 is 19.8 Å². The number of aliphatic hydroxyl groups excluding tert-OH is 2. The standard InChI is InChI=1S/C57H109O10P/c1-3-5-7-9-11-13-15-17-19-21-23-25-26-27-29-30-32-34-36-38-40-42-44-46-48-56(60)64-52-55(53-66-68(62,63)65-51-54(59)50-58)67-57(61)49-47-45-43-41-39-37-35-33-31-28-24-22-20-18-16-14-12-10-8-6-4-2/h16,18,22,24,54-55,58-59H,3-15,17,19-21,23,25-53H2,1-2H3,(H,62,63)/b18-16-,24-22-. The summed E-state index contributed by atoms with van der Waals surface area (Å²) in [7, 11) is -4.63. The highest BCUT2D eigenvalue weighted by Crippen LogP contribution is 2.43. The number of hydrogen-bond donors (Lipinski definition) is 3. The second-order valence-electron chi connectivity index (χ2n) is 19.7.